The predicted octanol–water partition coefficient (Wildman–Crippen LogP) is 2.80. The van der Waals surface area contributed by atoms with Gasteiger partial charge in [-0.25, -0.2) is 4.79 Å². The Bertz CT molecular complexity index is 377. The van der Waals surface area contributed by atoms with E-state index in [-0.39, 0.29) is 0 Å². The molecule has 2 N–H and O–H groups in total. The average molecular weight is 228 g/mol. The van der Waals surface area contributed by atoms with Crippen molar-refractivity contribution < 1.29 is 9.53 Å². The molecule has 0 amide bonds. The quantitative estimate of drug-likeness (QED) is 0.638. The lowest BCUT2D eigenvalue weighted by Crippen LogP contribution is -2.09. The number of anilines is 1. The van der Waals surface area contributed by atoms with Gasteiger partial charge in [-0.2, -0.15) is 0 Å². The van der Waals surface area contributed by atoms with Gasteiger partial charge in [0.1, 0.15) is 0 Å². The van der Waals surface area contributed by atoms with Gasteiger partial charge in [0.25, 0.3) is 0 Å². The number of nitrogen functional groups attached to an aromatic ring is 1. The van der Waals surface area contributed by atoms with Crippen molar-refractivity contribution in [3.63, 3.8) is 0 Å². The summed E-state index contributed by atoms with van der Waals surface area (Å²) in [5.41, 5.74) is 7.32. The number of halogens is 1. The molecule has 15 heavy (non-hydrogen) atoms. The highest BCUT2D eigenvalue weighted by Crippen LogP contribution is 2.23. The number of nitrogens with two attached hydrogens (primary N) is 1. The first-order chi connectivity index (χ1) is 7.06. The molecule has 0 aliphatic rings. The van der Waals surface area contributed by atoms with Crippen molar-refractivity contribution in [3.05, 3.63) is 28.3 Å². The Labute approximate surface area is 94.2 Å². The number of carbonyl (C=O) groups excluding carboxylic acids is 1. The van der Waals surface area contributed by atoms with Gasteiger partial charge in [0, 0.05) is 10.7 Å². The van der Waals surface area contributed by atoms with Crippen molar-refractivity contribution in [2.24, 2.45) is 0 Å². The normalized spacial score (nSPS) is 10.1. The van der Waals surface area contributed by atoms with E-state index in [1.165, 1.54) is 6.07 Å². The van der Waals surface area contributed by atoms with E-state index >= 15 is 0 Å². The number of hydrogen-bond donors (Lipinski definition) is 1. The van der Waals surface area contributed by atoms with E-state index in [1.807, 2.05) is 6.92 Å². The Morgan fingerprint density at radius 2 is 2.20 bits per heavy atom. The molecule has 0 saturated carbocycles. The fourth-order valence-electron chi connectivity index (χ4n) is 1.20. The molecule has 0 radical (unpaired) electrons. The lowest BCUT2D eigenvalue weighted by atomic mass is 10.1. The van der Waals surface area contributed by atoms with E-state index in [9.17, 15) is 4.79 Å². The van der Waals surface area contributed by atoms with Crippen molar-refractivity contribution in [1.29, 1.82) is 0 Å². The molecule has 82 valence electrons. The molecule has 0 unspecified atom stereocenters. The second-order valence-corrected chi connectivity index (χ2v) is 3.76. The zero-order valence-electron chi connectivity index (χ0n) is 8.84. The number of aryl methyl sites for hydroxylation is 1. The average Bonchev–Trinajstić information content (AvgIpc) is 2.19. The third-order valence-electron chi connectivity index (χ3n) is 2.01. The minimum absolute atomic E-state index is 0.341. The number of esters is 1. The minimum atomic E-state index is -0.417. The molecule has 3 nitrogen and oxygen atoms in total. The molecule has 1 rings (SSSR count). The maximum Gasteiger partial charge on any atom is 0.340 e. The van der Waals surface area contributed by atoms with E-state index in [0.29, 0.717) is 22.9 Å². The monoisotopic (exact) mass is 227 g/mol. The third-order valence-corrected chi connectivity index (χ3v) is 2.23. The number of carbonyl (C=O) groups is 1. The van der Waals surface area contributed by atoms with E-state index in [4.69, 9.17) is 22.1 Å². The first-order valence-electron chi connectivity index (χ1n) is 4.79. The second kappa shape index (κ2) is 5.03. The van der Waals surface area contributed by atoms with Crippen LogP contribution in [0.1, 0.15) is 29.3 Å². The van der Waals surface area contributed by atoms with Gasteiger partial charge in [-0.1, -0.05) is 18.5 Å². The topological polar surface area (TPSA) is 52.3 Å². The van der Waals surface area contributed by atoms with E-state index in [2.05, 4.69) is 0 Å². The van der Waals surface area contributed by atoms with Gasteiger partial charge in [-0.15, -0.1) is 0 Å². The largest absolute Gasteiger partial charge is 0.462 e. The SMILES string of the molecule is CCCOC(=O)c1cc(Cl)cc(C)c1N. The highest BCUT2D eigenvalue weighted by Gasteiger charge is 2.13. The number of hydrogen-bond acceptors (Lipinski definition) is 3. The van der Waals surface area contributed by atoms with Crippen LogP contribution in [-0.4, -0.2) is 12.6 Å². The lowest BCUT2D eigenvalue weighted by molar-refractivity contribution is 0.0506. The van der Waals surface area contributed by atoms with E-state index in [1.54, 1.807) is 13.0 Å². The van der Waals surface area contributed by atoms with Crippen LogP contribution in [0.15, 0.2) is 12.1 Å². The molecule has 0 heterocycles. The summed E-state index contributed by atoms with van der Waals surface area (Å²) in [7, 11) is 0. The molecular formula is C11H14ClNO2. The molecule has 0 aromatic heterocycles. The molecule has 0 aliphatic carbocycles. The van der Waals surface area contributed by atoms with Crippen LogP contribution in [0.25, 0.3) is 0 Å². The van der Waals surface area contributed by atoms with Gasteiger partial charge in [-0.3, -0.25) is 0 Å². The van der Waals surface area contributed by atoms with Crippen LogP contribution in [0.2, 0.25) is 5.02 Å². The Morgan fingerprint density at radius 1 is 1.53 bits per heavy atom. The van der Waals surface area contributed by atoms with Crippen LogP contribution in [0, 0.1) is 6.92 Å². The van der Waals surface area contributed by atoms with Crippen molar-refractivity contribution in [3.8, 4) is 0 Å². The van der Waals surface area contributed by atoms with Gasteiger partial charge >= 0.3 is 5.97 Å². The summed E-state index contributed by atoms with van der Waals surface area (Å²) < 4.78 is 4.99. The molecule has 0 fully saturated rings. The molecule has 0 spiro atoms. The van der Waals surface area contributed by atoms with Crippen molar-refractivity contribution >= 4 is 23.3 Å². The first-order valence-corrected chi connectivity index (χ1v) is 5.16. The maximum absolute atomic E-state index is 11.6. The van der Waals surface area contributed by atoms with Crippen molar-refractivity contribution in [2.75, 3.05) is 12.3 Å². The van der Waals surface area contributed by atoms with E-state index < -0.39 is 5.97 Å². The molecule has 1 aromatic rings. The summed E-state index contributed by atoms with van der Waals surface area (Å²) in [4.78, 5) is 11.6. The fraction of sp³-hybridized carbons (Fsp3) is 0.364. The molecular weight excluding hydrogens is 214 g/mol. The standard InChI is InChI=1S/C11H14ClNO2/c1-3-4-15-11(14)9-6-8(12)5-7(2)10(9)13/h5-6H,3-4,13H2,1-2H3. The third kappa shape index (κ3) is 2.86. The Balaban J connectivity index is 2.98. The number of benzene rings is 1. The van der Waals surface area contributed by atoms with Crippen LogP contribution in [-0.2, 0) is 4.74 Å². The van der Waals surface area contributed by atoms with Crippen LogP contribution < -0.4 is 5.73 Å². The smallest absolute Gasteiger partial charge is 0.340 e. The zero-order valence-corrected chi connectivity index (χ0v) is 9.60. The highest BCUT2D eigenvalue weighted by molar-refractivity contribution is 6.31. The lowest BCUT2D eigenvalue weighted by Gasteiger charge is -2.08. The van der Waals surface area contributed by atoms with Crippen LogP contribution in [0.3, 0.4) is 0 Å². The van der Waals surface area contributed by atoms with Gasteiger partial charge in [0.05, 0.1) is 12.2 Å². The maximum atomic E-state index is 11.6. The summed E-state index contributed by atoms with van der Waals surface area (Å²) in [5, 5.41) is 0.491. The molecule has 0 saturated heterocycles. The van der Waals surface area contributed by atoms with Crippen molar-refractivity contribution in [2.45, 2.75) is 20.3 Å². The van der Waals surface area contributed by atoms with E-state index in [0.717, 1.165) is 12.0 Å². The Morgan fingerprint density at radius 3 is 2.80 bits per heavy atom. The summed E-state index contributed by atoms with van der Waals surface area (Å²) in [6, 6.07) is 3.25. The Hall–Kier alpha value is -1.22. The van der Waals surface area contributed by atoms with Gasteiger partial charge in [0.15, 0.2) is 0 Å². The first kappa shape index (κ1) is 11.9. The van der Waals surface area contributed by atoms with Crippen LogP contribution >= 0.6 is 11.6 Å². The molecule has 1 aromatic carbocycles. The van der Waals surface area contributed by atoms with Gasteiger partial charge in [-0.05, 0) is 31.0 Å². The number of rotatable bonds is 3. The molecule has 4 heteroatoms. The second-order valence-electron chi connectivity index (χ2n) is 3.32. The zero-order chi connectivity index (χ0) is 11.4. The van der Waals surface area contributed by atoms with Crippen LogP contribution in [0.4, 0.5) is 5.69 Å². The summed E-state index contributed by atoms with van der Waals surface area (Å²) >= 11 is 5.84. The Kier molecular flexibility index (Phi) is 3.97. The number of ether oxygens (including phenoxy) is 1. The van der Waals surface area contributed by atoms with Gasteiger partial charge in [0.2, 0.25) is 0 Å². The summed E-state index contributed by atoms with van der Waals surface area (Å²) in [6.45, 7) is 4.13. The molecule has 0 bridgehead atoms. The highest BCUT2D eigenvalue weighted by atomic mass is 35.5. The fourth-order valence-corrected chi connectivity index (χ4v) is 1.47. The molecule has 0 atom stereocenters. The minimum Gasteiger partial charge on any atom is -0.462 e. The summed E-state index contributed by atoms with van der Waals surface area (Å²) in [5.74, 6) is -0.417. The molecule has 0 aliphatic heterocycles. The van der Waals surface area contributed by atoms with Gasteiger partial charge < -0.3 is 10.5 Å². The van der Waals surface area contributed by atoms with Crippen molar-refractivity contribution in [1.82, 2.24) is 0 Å². The van der Waals surface area contributed by atoms with Crippen LogP contribution in [0.5, 0.6) is 0 Å². The predicted molar refractivity (Wildman–Crippen MR) is 61.2 cm³/mol. The summed E-state index contributed by atoms with van der Waals surface area (Å²) in [6.07, 6.45) is 0.783.